The van der Waals surface area contributed by atoms with Gasteiger partial charge in [-0.25, -0.2) is 0 Å². The molecule has 0 saturated heterocycles. The van der Waals surface area contributed by atoms with Crippen molar-refractivity contribution < 1.29 is 4.79 Å². The number of nitrogens with two attached hydrogens (primary N) is 1. The number of carbonyl (C=O) groups is 1. The van der Waals surface area contributed by atoms with Gasteiger partial charge in [0.2, 0.25) is 5.91 Å². The molecule has 0 aliphatic rings. The average molecular weight is 280 g/mol. The fourth-order valence-electron chi connectivity index (χ4n) is 2.40. The molecule has 1 rings (SSSR count). The lowest BCUT2D eigenvalue weighted by molar-refractivity contribution is -0.122. The van der Waals surface area contributed by atoms with Gasteiger partial charge in [-0.05, 0) is 50.1 Å². The van der Waals surface area contributed by atoms with Crippen LogP contribution in [0.3, 0.4) is 0 Å². The summed E-state index contributed by atoms with van der Waals surface area (Å²) in [6.45, 7) is 7.63. The largest absolute Gasteiger partial charge is 0.356 e. The van der Waals surface area contributed by atoms with Crippen LogP contribution in [0.5, 0.6) is 0 Å². The maximum absolute atomic E-state index is 11.8. The highest BCUT2D eigenvalue weighted by atomic mass is 16.1. The molecule has 5 nitrogen and oxygen atoms in total. The standard InChI is InChI=1S/C15H28N4O/c1-11(2)7-13(9-16)8-15(20)17-6-4-5-14-10-18-19-12(14)3/h10-11,13H,4-9,16H2,1-3H3,(H,17,20)(H,18,19)/t13-/m0/s1. The zero-order valence-electron chi connectivity index (χ0n) is 12.9. The first-order valence-electron chi connectivity index (χ1n) is 7.48. The first kappa shape index (κ1) is 16.7. The van der Waals surface area contributed by atoms with Crippen LogP contribution < -0.4 is 11.1 Å². The van der Waals surface area contributed by atoms with Crippen molar-refractivity contribution in [2.24, 2.45) is 17.6 Å². The highest BCUT2D eigenvalue weighted by molar-refractivity contribution is 5.76. The molecule has 0 unspecified atom stereocenters. The predicted molar refractivity (Wildman–Crippen MR) is 81.3 cm³/mol. The van der Waals surface area contributed by atoms with Crippen LogP contribution in [-0.4, -0.2) is 29.2 Å². The Hall–Kier alpha value is -1.36. The van der Waals surface area contributed by atoms with Gasteiger partial charge in [-0.1, -0.05) is 13.8 Å². The molecule has 1 heterocycles. The smallest absolute Gasteiger partial charge is 0.220 e. The van der Waals surface area contributed by atoms with E-state index < -0.39 is 0 Å². The van der Waals surface area contributed by atoms with Crippen molar-refractivity contribution in [3.63, 3.8) is 0 Å². The van der Waals surface area contributed by atoms with E-state index in [2.05, 4.69) is 29.4 Å². The molecule has 0 saturated carbocycles. The van der Waals surface area contributed by atoms with Gasteiger partial charge in [-0.15, -0.1) is 0 Å². The van der Waals surface area contributed by atoms with Gasteiger partial charge in [0.1, 0.15) is 0 Å². The second kappa shape index (κ2) is 8.74. The fourth-order valence-corrected chi connectivity index (χ4v) is 2.40. The molecule has 5 heteroatoms. The molecule has 0 aromatic carbocycles. The van der Waals surface area contributed by atoms with Crippen LogP contribution in [0.1, 0.15) is 44.4 Å². The van der Waals surface area contributed by atoms with Crippen molar-refractivity contribution in [1.82, 2.24) is 15.5 Å². The Labute approximate surface area is 121 Å². The molecule has 1 amide bonds. The van der Waals surface area contributed by atoms with E-state index in [4.69, 9.17) is 5.73 Å². The van der Waals surface area contributed by atoms with Crippen LogP contribution in [0.25, 0.3) is 0 Å². The van der Waals surface area contributed by atoms with Gasteiger partial charge in [0, 0.05) is 18.7 Å². The third-order valence-corrected chi connectivity index (χ3v) is 3.49. The van der Waals surface area contributed by atoms with E-state index in [0.29, 0.717) is 31.3 Å². The molecular formula is C15H28N4O. The molecule has 0 bridgehead atoms. The maximum atomic E-state index is 11.8. The molecule has 0 aliphatic heterocycles. The Morgan fingerprint density at radius 1 is 1.50 bits per heavy atom. The number of nitrogens with one attached hydrogen (secondary N) is 2. The van der Waals surface area contributed by atoms with Crippen molar-refractivity contribution in [2.45, 2.75) is 46.5 Å². The lowest BCUT2D eigenvalue weighted by Crippen LogP contribution is -2.29. The second-order valence-electron chi connectivity index (χ2n) is 5.91. The van der Waals surface area contributed by atoms with Crippen molar-refractivity contribution in [1.29, 1.82) is 0 Å². The number of aryl methyl sites for hydroxylation is 2. The zero-order valence-corrected chi connectivity index (χ0v) is 12.9. The Kier molecular flexibility index (Phi) is 7.30. The third-order valence-electron chi connectivity index (χ3n) is 3.49. The lowest BCUT2D eigenvalue weighted by atomic mass is 9.94. The first-order valence-corrected chi connectivity index (χ1v) is 7.48. The number of hydrogen-bond donors (Lipinski definition) is 3. The van der Waals surface area contributed by atoms with E-state index >= 15 is 0 Å². The van der Waals surface area contributed by atoms with Crippen LogP contribution in [0.4, 0.5) is 0 Å². The number of aromatic nitrogens is 2. The van der Waals surface area contributed by atoms with Gasteiger partial charge in [0.05, 0.1) is 6.20 Å². The number of hydrogen-bond acceptors (Lipinski definition) is 3. The molecule has 0 radical (unpaired) electrons. The van der Waals surface area contributed by atoms with E-state index in [1.807, 2.05) is 13.1 Å². The van der Waals surface area contributed by atoms with Gasteiger partial charge >= 0.3 is 0 Å². The van der Waals surface area contributed by atoms with Crippen LogP contribution in [0.15, 0.2) is 6.20 Å². The van der Waals surface area contributed by atoms with E-state index in [1.54, 1.807) is 0 Å². The average Bonchev–Trinajstić information content (AvgIpc) is 2.79. The van der Waals surface area contributed by atoms with Gasteiger partial charge in [-0.3, -0.25) is 9.89 Å². The molecule has 114 valence electrons. The third kappa shape index (κ3) is 6.19. The van der Waals surface area contributed by atoms with Crippen LogP contribution in [0.2, 0.25) is 0 Å². The van der Waals surface area contributed by atoms with Crippen LogP contribution >= 0.6 is 0 Å². The van der Waals surface area contributed by atoms with Gasteiger partial charge in [0.25, 0.3) is 0 Å². The normalized spacial score (nSPS) is 12.7. The summed E-state index contributed by atoms with van der Waals surface area (Å²) in [5, 5.41) is 9.88. The summed E-state index contributed by atoms with van der Waals surface area (Å²) < 4.78 is 0. The first-order chi connectivity index (χ1) is 9.52. The Morgan fingerprint density at radius 3 is 2.80 bits per heavy atom. The molecule has 1 aromatic rings. The summed E-state index contributed by atoms with van der Waals surface area (Å²) in [7, 11) is 0. The minimum Gasteiger partial charge on any atom is -0.356 e. The number of carbonyl (C=O) groups excluding carboxylic acids is 1. The number of amides is 1. The molecule has 1 aromatic heterocycles. The number of rotatable bonds is 9. The Balaban J connectivity index is 2.18. The molecule has 4 N–H and O–H groups in total. The van der Waals surface area contributed by atoms with Gasteiger partial charge in [0.15, 0.2) is 0 Å². The topological polar surface area (TPSA) is 83.8 Å². The summed E-state index contributed by atoms with van der Waals surface area (Å²) in [5.74, 6) is 0.997. The molecular weight excluding hydrogens is 252 g/mol. The highest BCUT2D eigenvalue weighted by Gasteiger charge is 2.13. The van der Waals surface area contributed by atoms with E-state index in [-0.39, 0.29) is 5.91 Å². The van der Waals surface area contributed by atoms with Crippen LogP contribution in [0, 0.1) is 18.8 Å². The van der Waals surface area contributed by atoms with E-state index in [0.717, 1.165) is 25.0 Å². The monoisotopic (exact) mass is 280 g/mol. The molecule has 0 aliphatic carbocycles. The summed E-state index contributed by atoms with van der Waals surface area (Å²) in [6.07, 6.45) is 5.28. The summed E-state index contributed by atoms with van der Waals surface area (Å²) in [4.78, 5) is 11.8. The lowest BCUT2D eigenvalue weighted by Gasteiger charge is -2.16. The number of aromatic amines is 1. The Bertz CT molecular complexity index is 400. The second-order valence-corrected chi connectivity index (χ2v) is 5.91. The predicted octanol–water partition coefficient (Wildman–Crippen LogP) is 1.78. The fraction of sp³-hybridized carbons (Fsp3) is 0.733. The summed E-state index contributed by atoms with van der Waals surface area (Å²) in [6, 6.07) is 0. The van der Waals surface area contributed by atoms with Crippen molar-refractivity contribution in [2.75, 3.05) is 13.1 Å². The van der Waals surface area contributed by atoms with Gasteiger partial charge < -0.3 is 11.1 Å². The molecule has 0 fully saturated rings. The highest BCUT2D eigenvalue weighted by Crippen LogP contribution is 2.14. The minimum atomic E-state index is 0.116. The van der Waals surface area contributed by atoms with Crippen molar-refractivity contribution in [3.8, 4) is 0 Å². The molecule has 1 atom stereocenters. The quantitative estimate of drug-likeness (QED) is 0.603. The van der Waals surface area contributed by atoms with Crippen molar-refractivity contribution >= 4 is 5.91 Å². The van der Waals surface area contributed by atoms with Gasteiger partial charge in [-0.2, -0.15) is 5.10 Å². The molecule has 20 heavy (non-hydrogen) atoms. The summed E-state index contributed by atoms with van der Waals surface area (Å²) in [5.41, 5.74) is 8.04. The van der Waals surface area contributed by atoms with E-state index in [9.17, 15) is 4.79 Å². The van der Waals surface area contributed by atoms with Crippen LogP contribution in [-0.2, 0) is 11.2 Å². The number of H-pyrrole nitrogens is 1. The SMILES string of the molecule is Cc1[nH]ncc1CCCNC(=O)C[C@@H](CN)CC(C)C. The number of nitrogens with zero attached hydrogens (tertiary/aromatic N) is 1. The Morgan fingerprint density at radius 2 is 2.25 bits per heavy atom. The summed E-state index contributed by atoms with van der Waals surface area (Å²) >= 11 is 0. The van der Waals surface area contributed by atoms with Crippen molar-refractivity contribution in [3.05, 3.63) is 17.5 Å². The zero-order chi connectivity index (χ0) is 15.0. The minimum absolute atomic E-state index is 0.116. The maximum Gasteiger partial charge on any atom is 0.220 e. The molecule has 0 spiro atoms. The van der Waals surface area contributed by atoms with E-state index in [1.165, 1.54) is 5.56 Å².